The highest BCUT2D eigenvalue weighted by molar-refractivity contribution is 5.71. The van der Waals surface area contributed by atoms with Crippen molar-refractivity contribution in [2.24, 2.45) is 17.8 Å². The number of ether oxygens (including phenoxy) is 1. The smallest absolute Gasteiger partial charge is 0.306 e. The molecule has 2 aliphatic rings. The lowest BCUT2D eigenvalue weighted by molar-refractivity contribution is -0.142. The van der Waals surface area contributed by atoms with Crippen molar-refractivity contribution < 1.29 is 14.6 Å². The van der Waals surface area contributed by atoms with Gasteiger partial charge in [-0.1, -0.05) is 19.1 Å². The third kappa shape index (κ3) is 3.27. The summed E-state index contributed by atoms with van der Waals surface area (Å²) in [6.45, 7) is 5.96. The number of carboxylic acid groups (broad SMARTS) is 1. The molecule has 3 rings (SSSR count). The number of rotatable bonds is 7. The molecule has 0 aromatic heterocycles. The summed E-state index contributed by atoms with van der Waals surface area (Å²) >= 11 is 0. The maximum atomic E-state index is 11.4. The minimum Gasteiger partial charge on any atom is -0.490 e. The van der Waals surface area contributed by atoms with Crippen LogP contribution in [0.15, 0.2) is 24.3 Å². The van der Waals surface area contributed by atoms with Crippen molar-refractivity contribution in [2.75, 3.05) is 13.1 Å². The van der Waals surface area contributed by atoms with Crippen molar-refractivity contribution in [3.63, 3.8) is 0 Å². The van der Waals surface area contributed by atoms with Gasteiger partial charge in [-0.15, -0.1) is 0 Å². The Balaban J connectivity index is 1.75. The van der Waals surface area contributed by atoms with Crippen LogP contribution in [0.2, 0.25) is 0 Å². The largest absolute Gasteiger partial charge is 0.490 e. The molecule has 120 valence electrons. The SMILES string of the molecule is CC(Oc1cccc(C(C2CC2)C(C)C(=O)O)c1)C1CNC1. The lowest BCUT2D eigenvalue weighted by Gasteiger charge is -2.33. The Morgan fingerprint density at radius 2 is 2.00 bits per heavy atom. The fourth-order valence-corrected chi connectivity index (χ4v) is 3.33. The Morgan fingerprint density at radius 3 is 2.55 bits per heavy atom. The molecule has 1 saturated carbocycles. The number of carbonyl (C=O) groups is 1. The number of aliphatic carboxylic acids is 1. The summed E-state index contributed by atoms with van der Waals surface area (Å²) in [6.07, 6.45) is 2.46. The van der Waals surface area contributed by atoms with Crippen molar-refractivity contribution in [3.05, 3.63) is 29.8 Å². The first kappa shape index (κ1) is 15.3. The Kier molecular flexibility index (Phi) is 4.39. The Hall–Kier alpha value is -1.55. The van der Waals surface area contributed by atoms with E-state index in [-0.39, 0.29) is 17.9 Å². The van der Waals surface area contributed by atoms with Gasteiger partial charge in [0.15, 0.2) is 0 Å². The number of hydrogen-bond donors (Lipinski definition) is 2. The lowest BCUT2D eigenvalue weighted by atomic mass is 9.83. The Bertz CT molecular complexity index is 537. The molecule has 1 aromatic rings. The monoisotopic (exact) mass is 303 g/mol. The fraction of sp³-hybridized carbons (Fsp3) is 0.611. The van der Waals surface area contributed by atoms with E-state index in [9.17, 15) is 9.90 Å². The quantitative estimate of drug-likeness (QED) is 0.813. The molecule has 2 fully saturated rings. The highest BCUT2D eigenvalue weighted by Gasteiger charge is 2.38. The van der Waals surface area contributed by atoms with E-state index in [0.717, 1.165) is 37.2 Å². The van der Waals surface area contributed by atoms with Gasteiger partial charge in [0.1, 0.15) is 11.9 Å². The molecule has 1 saturated heterocycles. The predicted octanol–water partition coefficient (Wildman–Crippen LogP) is 2.89. The molecule has 3 atom stereocenters. The predicted molar refractivity (Wildman–Crippen MR) is 85.2 cm³/mol. The fourth-order valence-electron chi connectivity index (χ4n) is 3.33. The molecule has 0 spiro atoms. The highest BCUT2D eigenvalue weighted by Crippen LogP contribution is 2.47. The summed E-state index contributed by atoms with van der Waals surface area (Å²) < 4.78 is 6.06. The van der Waals surface area contributed by atoms with Crippen LogP contribution in [0.1, 0.15) is 38.2 Å². The molecule has 4 nitrogen and oxygen atoms in total. The van der Waals surface area contributed by atoms with Crippen molar-refractivity contribution in [1.29, 1.82) is 0 Å². The third-order valence-corrected chi connectivity index (χ3v) is 5.10. The Labute approximate surface area is 131 Å². The van der Waals surface area contributed by atoms with Crippen LogP contribution in [-0.2, 0) is 4.79 Å². The maximum Gasteiger partial charge on any atom is 0.306 e. The van der Waals surface area contributed by atoms with Crippen molar-refractivity contribution in [2.45, 2.75) is 38.7 Å². The second kappa shape index (κ2) is 6.29. The molecular formula is C18H25NO3. The van der Waals surface area contributed by atoms with Crippen LogP contribution >= 0.6 is 0 Å². The lowest BCUT2D eigenvalue weighted by Crippen LogP contribution is -2.49. The minimum atomic E-state index is -0.711. The number of benzene rings is 1. The molecule has 1 heterocycles. The van der Waals surface area contributed by atoms with Crippen LogP contribution in [-0.4, -0.2) is 30.3 Å². The van der Waals surface area contributed by atoms with E-state index >= 15 is 0 Å². The summed E-state index contributed by atoms with van der Waals surface area (Å²) in [6, 6.07) is 8.05. The van der Waals surface area contributed by atoms with Crippen LogP contribution in [0, 0.1) is 17.8 Å². The van der Waals surface area contributed by atoms with Gasteiger partial charge in [0, 0.05) is 19.0 Å². The second-order valence-corrected chi connectivity index (χ2v) is 6.80. The summed E-state index contributed by atoms with van der Waals surface area (Å²) in [5.41, 5.74) is 1.11. The molecule has 2 N–H and O–H groups in total. The highest BCUT2D eigenvalue weighted by atomic mass is 16.5. The normalized spacial score (nSPS) is 22.5. The topological polar surface area (TPSA) is 58.6 Å². The average Bonchev–Trinajstić information content (AvgIpc) is 3.21. The first-order valence-corrected chi connectivity index (χ1v) is 8.26. The van der Waals surface area contributed by atoms with Gasteiger partial charge in [-0.05, 0) is 49.3 Å². The van der Waals surface area contributed by atoms with Crippen LogP contribution in [0.3, 0.4) is 0 Å². The first-order valence-electron chi connectivity index (χ1n) is 8.26. The van der Waals surface area contributed by atoms with E-state index in [4.69, 9.17) is 4.74 Å². The number of carboxylic acids is 1. The average molecular weight is 303 g/mol. The van der Waals surface area contributed by atoms with Gasteiger partial charge in [-0.3, -0.25) is 4.79 Å². The molecule has 1 aliphatic heterocycles. The first-order chi connectivity index (χ1) is 10.6. The summed E-state index contributed by atoms with van der Waals surface area (Å²) in [4.78, 5) is 11.4. The van der Waals surface area contributed by atoms with E-state index in [2.05, 4.69) is 12.2 Å². The summed E-state index contributed by atoms with van der Waals surface area (Å²) in [5, 5.41) is 12.6. The molecule has 1 aromatic carbocycles. The van der Waals surface area contributed by atoms with Gasteiger partial charge >= 0.3 is 5.97 Å². The van der Waals surface area contributed by atoms with Gasteiger partial charge < -0.3 is 15.2 Å². The van der Waals surface area contributed by atoms with E-state index in [1.807, 2.05) is 31.2 Å². The molecule has 0 amide bonds. The van der Waals surface area contributed by atoms with Gasteiger partial charge in [0.05, 0.1) is 5.92 Å². The molecule has 0 bridgehead atoms. The molecule has 3 unspecified atom stereocenters. The second-order valence-electron chi connectivity index (χ2n) is 6.80. The zero-order valence-corrected chi connectivity index (χ0v) is 13.3. The van der Waals surface area contributed by atoms with Crippen LogP contribution in [0.25, 0.3) is 0 Å². The van der Waals surface area contributed by atoms with Gasteiger partial charge in [0.2, 0.25) is 0 Å². The van der Waals surface area contributed by atoms with E-state index in [1.54, 1.807) is 0 Å². The van der Waals surface area contributed by atoms with Gasteiger partial charge in [0.25, 0.3) is 0 Å². The third-order valence-electron chi connectivity index (χ3n) is 5.10. The van der Waals surface area contributed by atoms with Crippen molar-refractivity contribution >= 4 is 5.97 Å². The Morgan fingerprint density at radius 1 is 1.27 bits per heavy atom. The summed E-state index contributed by atoms with van der Waals surface area (Å²) in [5.74, 6) is 0.977. The molecule has 0 radical (unpaired) electrons. The number of nitrogens with one attached hydrogen (secondary N) is 1. The van der Waals surface area contributed by atoms with Crippen molar-refractivity contribution in [3.8, 4) is 5.75 Å². The summed E-state index contributed by atoms with van der Waals surface area (Å²) in [7, 11) is 0. The number of hydrogen-bond acceptors (Lipinski definition) is 3. The van der Waals surface area contributed by atoms with E-state index in [1.165, 1.54) is 0 Å². The standard InChI is InChI=1S/C18H25NO3/c1-11(18(20)21)17(13-6-7-13)14-4-3-5-16(8-14)22-12(2)15-9-19-10-15/h3-5,8,11-13,15,17,19H,6-7,9-10H2,1-2H3,(H,20,21). The molecule has 1 aliphatic carbocycles. The molecule has 22 heavy (non-hydrogen) atoms. The minimum absolute atomic E-state index is 0.0988. The maximum absolute atomic E-state index is 11.4. The van der Waals surface area contributed by atoms with Gasteiger partial charge in [-0.25, -0.2) is 0 Å². The molecule has 4 heteroatoms. The van der Waals surface area contributed by atoms with Gasteiger partial charge in [-0.2, -0.15) is 0 Å². The van der Waals surface area contributed by atoms with E-state index in [0.29, 0.717) is 11.8 Å². The molecular weight excluding hydrogens is 278 g/mol. The van der Waals surface area contributed by atoms with E-state index < -0.39 is 5.97 Å². The zero-order chi connectivity index (χ0) is 15.7. The van der Waals surface area contributed by atoms with Crippen LogP contribution in [0.5, 0.6) is 5.75 Å². The zero-order valence-electron chi connectivity index (χ0n) is 13.3. The van der Waals surface area contributed by atoms with Crippen LogP contribution < -0.4 is 10.1 Å². The van der Waals surface area contributed by atoms with Crippen LogP contribution in [0.4, 0.5) is 0 Å². The van der Waals surface area contributed by atoms with Crippen molar-refractivity contribution in [1.82, 2.24) is 5.32 Å².